The molecule has 0 aromatic carbocycles. The highest BCUT2D eigenvalue weighted by Crippen LogP contribution is 2.23. The van der Waals surface area contributed by atoms with Crippen LogP contribution in [0, 0.1) is 0 Å². The Kier molecular flexibility index (Phi) is 9.06. The van der Waals surface area contributed by atoms with E-state index in [9.17, 15) is 0 Å². The summed E-state index contributed by atoms with van der Waals surface area (Å²) >= 11 is 0. The Morgan fingerprint density at radius 3 is 1.53 bits per heavy atom. The summed E-state index contributed by atoms with van der Waals surface area (Å²) in [6.45, 7) is 9.93. The van der Waals surface area contributed by atoms with E-state index < -0.39 is 5.97 Å². The zero-order valence-electron chi connectivity index (χ0n) is 10.7. The molecule has 0 aliphatic rings. The van der Waals surface area contributed by atoms with Gasteiger partial charge in [-0.3, -0.25) is 0 Å². The van der Waals surface area contributed by atoms with Crippen molar-refractivity contribution in [2.24, 2.45) is 0 Å². The van der Waals surface area contributed by atoms with Crippen LogP contribution < -0.4 is 0 Å². The average molecular weight is 218 g/mol. The van der Waals surface area contributed by atoms with Crippen LogP contribution in [0.1, 0.15) is 53.4 Å². The van der Waals surface area contributed by atoms with E-state index in [1.165, 1.54) is 12.8 Å². The fourth-order valence-corrected chi connectivity index (χ4v) is 1.59. The molecule has 0 aliphatic carbocycles. The van der Waals surface area contributed by atoms with Gasteiger partial charge in [0.25, 0.3) is 5.97 Å². The lowest BCUT2D eigenvalue weighted by molar-refractivity contribution is -0.380. The Balaban J connectivity index is 4.18. The third-order valence-electron chi connectivity index (χ3n) is 2.18. The first-order chi connectivity index (χ1) is 7.24. The minimum atomic E-state index is -0.798. The van der Waals surface area contributed by atoms with Crippen LogP contribution in [0.4, 0.5) is 0 Å². The van der Waals surface area contributed by atoms with Gasteiger partial charge in [0.2, 0.25) is 0 Å². The molecule has 15 heavy (non-hydrogen) atoms. The summed E-state index contributed by atoms with van der Waals surface area (Å²) in [4.78, 5) is 0. The highest BCUT2D eigenvalue weighted by molar-refractivity contribution is 4.58. The van der Waals surface area contributed by atoms with E-state index in [0.717, 1.165) is 12.8 Å². The summed E-state index contributed by atoms with van der Waals surface area (Å²) in [5.74, 6) is -0.798. The second kappa shape index (κ2) is 9.13. The van der Waals surface area contributed by atoms with Crippen LogP contribution >= 0.6 is 0 Å². The molecule has 0 aromatic rings. The lowest BCUT2D eigenvalue weighted by atomic mass is 10.2. The van der Waals surface area contributed by atoms with E-state index in [4.69, 9.17) is 14.2 Å². The molecule has 0 radical (unpaired) electrons. The van der Waals surface area contributed by atoms with Gasteiger partial charge < -0.3 is 14.2 Å². The predicted molar refractivity (Wildman–Crippen MR) is 61.8 cm³/mol. The van der Waals surface area contributed by atoms with Crippen molar-refractivity contribution in [1.82, 2.24) is 0 Å². The molecule has 0 spiro atoms. The van der Waals surface area contributed by atoms with Gasteiger partial charge in [0, 0.05) is 26.2 Å². The normalized spacial score (nSPS) is 12.0. The molecule has 0 atom stereocenters. The molecule has 0 aromatic heterocycles. The summed E-state index contributed by atoms with van der Waals surface area (Å²) in [6.07, 6.45) is 4.28. The van der Waals surface area contributed by atoms with Crippen LogP contribution in [0.3, 0.4) is 0 Å². The Morgan fingerprint density at radius 2 is 1.20 bits per heavy atom. The standard InChI is InChI=1S/C12H26O3/c1-5-9-10-11-12(13-6-2,14-7-3)15-8-4/h5-11H2,1-4H3. The summed E-state index contributed by atoms with van der Waals surface area (Å²) in [5, 5.41) is 0. The summed E-state index contributed by atoms with van der Waals surface area (Å²) < 4.78 is 16.8. The van der Waals surface area contributed by atoms with Crippen LogP contribution in [0.25, 0.3) is 0 Å². The van der Waals surface area contributed by atoms with Crippen molar-refractivity contribution < 1.29 is 14.2 Å². The van der Waals surface area contributed by atoms with Crippen molar-refractivity contribution in [1.29, 1.82) is 0 Å². The van der Waals surface area contributed by atoms with E-state index in [-0.39, 0.29) is 0 Å². The van der Waals surface area contributed by atoms with Crippen LogP contribution in [0.2, 0.25) is 0 Å². The van der Waals surface area contributed by atoms with Gasteiger partial charge in [-0.05, 0) is 27.2 Å². The van der Waals surface area contributed by atoms with Gasteiger partial charge in [-0.2, -0.15) is 0 Å². The highest BCUT2D eigenvalue weighted by Gasteiger charge is 2.31. The van der Waals surface area contributed by atoms with Gasteiger partial charge in [-0.15, -0.1) is 0 Å². The number of hydrogen-bond acceptors (Lipinski definition) is 3. The molecular weight excluding hydrogens is 192 g/mol. The fraction of sp³-hybridized carbons (Fsp3) is 1.00. The zero-order chi connectivity index (χ0) is 11.6. The lowest BCUT2D eigenvalue weighted by Crippen LogP contribution is -2.39. The van der Waals surface area contributed by atoms with Gasteiger partial charge in [0.15, 0.2) is 0 Å². The third-order valence-corrected chi connectivity index (χ3v) is 2.18. The maximum atomic E-state index is 5.61. The van der Waals surface area contributed by atoms with Crippen molar-refractivity contribution in [3.8, 4) is 0 Å². The van der Waals surface area contributed by atoms with E-state index in [2.05, 4.69) is 6.92 Å². The van der Waals surface area contributed by atoms with Crippen molar-refractivity contribution >= 4 is 0 Å². The van der Waals surface area contributed by atoms with E-state index in [1.807, 2.05) is 20.8 Å². The van der Waals surface area contributed by atoms with E-state index in [1.54, 1.807) is 0 Å². The molecule has 0 heterocycles. The van der Waals surface area contributed by atoms with Crippen LogP contribution in [0.15, 0.2) is 0 Å². The summed E-state index contributed by atoms with van der Waals surface area (Å²) in [6, 6.07) is 0. The Bertz CT molecular complexity index is 120. The van der Waals surface area contributed by atoms with Crippen molar-refractivity contribution in [3.63, 3.8) is 0 Å². The summed E-state index contributed by atoms with van der Waals surface area (Å²) in [5.41, 5.74) is 0. The number of unbranched alkanes of at least 4 members (excludes halogenated alkanes) is 2. The molecule has 0 fully saturated rings. The van der Waals surface area contributed by atoms with Crippen molar-refractivity contribution in [2.45, 2.75) is 59.4 Å². The van der Waals surface area contributed by atoms with E-state index >= 15 is 0 Å². The second-order valence-electron chi connectivity index (χ2n) is 3.44. The predicted octanol–water partition coefficient (Wildman–Crippen LogP) is 3.33. The van der Waals surface area contributed by atoms with Gasteiger partial charge in [0.1, 0.15) is 0 Å². The maximum Gasteiger partial charge on any atom is 0.282 e. The van der Waals surface area contributed by atoms with Gasteiger partial charge in [-0.25, -0.2) is 0 Å². The van der Waals surface area contributed by atoms with Crippen LogP contribution in [0.5, 0.6) is 0 Å². The van der Waals surface area contributed by atoms with Gasteiger partial charge in [0.05, 0.1) is 0 Å². The van der Waals surface area contributed by atoms with Crippen molar-refractivity contribution in [2.75, 3.05) is 19.8 Å². The van der Waals surface area contributed by atoms with Gasteiger partial charge >= 0.3 is 0 Å². The first kappa shape index (κ1) is 14.9. The average Bonchev–Trinajstić information content (AvgIpc) is 2.19. The molecule has 0 amide bonds. The lowest BCUT2D eigenvalue weighted by Gasteiger charge is -2.32. The topological polar surface area (TPSA) is 27.7 Å². The van der Waals surface area contributed by atoms with Crippen LogP contribution in [-0.2, 0) is 14.2 Å². The second-order valence-corrected chi connectivity index (χ2v) is 3.44. The quantitative estimate of drug-likeness (QED) is 0.416. The zero-order valence-corrected chi connectivity index (χ0v) is 10.7. The minimum absolute atomic E-state index is 0.617. The molecule has 0 bridgehead atoms. The fourth-order valence-electron chi connectivity index (χ4n) is 1.59. The SMILES string of the molecule is CCCCCC(OCC)(OCC)OCC. The molecule has 0 saturated carbocycles. The van der Waals surface area contributed by atoms with E-state index in [0.29, 0.717) is 19.8 Å². The first-order valence-electron chi connectivity index (χ1n) is 6.16. The molecule has 0 unspecified atom stereocenters. The Hall–Kier alpha value is -0.120. The number of rotatable bonds is 10. The first-order valence-corrected chi connectivity index (χ1v) is 6.16. The summed E-state index contributed by atoms with van der Waals surface area (Å²) in [7, 11) is 0. The van der Waals surface area contributed by atoms with Crippen LogP contribution in [-0.4, -0.2) is 25.8 Å². The number of ether oxygens (including phenoxy) is 3. The molecule has 0 rings (SSSR count). The highest BCUT2D eigenvalue weighted by atomic mass is 16.9. The smallest absolute Gasteiger partial charge is 0.282 e. The largest absolute Gasteiger partial charge is 0.328 e. The Morgan fingerprint density at radius 1 is 0.733 bits per heavy atom. The van der Waals surface area contributed by atoms with Gasteiger partial charge in [-0.1, -0.05) is 19.8 Å². The molecule has 3 nitrogen and oxygen atoms in total. The molecule has 0 aliphatic heterocycles. The molecule has 3 heteroatoms. The maximum absolute atomic E-state index is 5.61. The molecule has 0 N–H and O–H groups in total. The monoisotopic (exact) mass is 218 g/mol. The Labute approximate surface area is 94.1 Å². The molecule has 92 valence electrons. The third kappa shape index (κ3) is 6.13. The molecule has 0 saturated heterocycles. The minimum Gasteiger partial charge on any atom is -0.328 e. The number of hydrogen-bond donors (Lipinski definition) is 0. The van der Waals surface area contributed by atoms with Crippen molar-refractivity contribution in [3.05, 3.63) is 0 Å². The molecular formula is C12H26O3.